The molecule has 0 unspecified atom stereocenters. The molecule has 0 bridgehead atoms. The van der Waals surface area contributed by atoms with Crippen molar-refractivity contribution in [2.45, 2.75) is 19.8 Å². The predicted molar refractivity (Wildman–Crippen MR) is 53.2 cm³/mol. The standard InChI is InChI=1S/C10H11FN4/c1-7(2)10-9(11)3-8(4-13-10)15-6-12-5-14-15/h3-7H,1-2H3. The van der Waals surface area contributed by atoms with Crippen molar-refractivity contribution in [3.8, 4) is 5.69 Å². The van der Waals surface area contributed by atoms with Crippen molar-refractivity contribution in [2.75, 3.05) is 0 Å². The summed E-state index contributed by atoms with van der Waals surface area (Å²) >= 11 is 0. The number of hydrogen-bond donors (Lipinski definition) is 0. The van der Waals surface area contributed by atoms with Gasteiger partial charge >= 0.3 is 0 Å². The van der Waals surface area contributed by atoms with E-state index < -0.39 is 0 Å². The normalized spacial score (nSPS) is 10.9. The summed E-state index contributed by atoms with van der Waals surface area (Å²) in [7, 11) is 0. The average molecular weight is 206 g/mol. The monoisotopic (exact) mass is 206 g/mol. The van der Waals surface area contributed by atoms with E-state index in [1.54, 1.807) is 6.20 Å². The van der Waals surface area contributed by atoms with Crippen molar-refractivity contribution in [3.63, 3.8) is 0 Å². The first-order valence-electron chi connectivity index (χ1n) is 4.69. The fourth-order valence-corrected chi connectivity index (χ4v) is 1.33. The van der Waals surface area contributed by atoms with Crippen molar-refractivity contribution < 1.29 is 4.39 Å². The molecule has 0 aliphatic heterocycles. The molecular formula is C10H11FN4. The predicted octanol–water partition coefficient (Wildman–Crippen LogP) is 1.92. The lowest BCUT2D eigenvalue weighted by Gasteiger charge is -2.07. The van der Waals surface area contributed by atoms with Gasteiger partial charge in [0, 0.05) is 6.07 Å². The fourth-order valence-electron chi connectivity index (χ4n) is 1.33. The third-order valence-electron chi connectivity index (χ3n) is 2.09. The van der Waals surface area contributed by atoms with Crippen LogP contribution in [-0.4, -0.2) is 19.7 Å². The molecule has 0 atom stereocenters. The van der Waals surface area contributed by atoms with Crippen LogP contribution in [0.25, 0.3) is 5.69 Å². The summed E-state index contributed by atoms with van der Waals surface area (Å²) in [6.07, 6.45) is 4.49. The molecule has 0 saturated heterocycles. The topological polar surface area (TPSA) is 43.6 Å². The Morgan fingerprint density at radius 3 is 2.73 bits per heavy atom. The molecule has 0 aromatic carbocycles. The number of halogens is 1. The van der Waals surface area contributed by atoms with Crippen LogP contribution in [0.1, 0.15) is 25.5 Å². The second kappa shape index (κ2) is 3.76. The van der Waals surface area contributed by atoms with E-state index in [1.165, 1.54) is 23.4 Å². The first-order chi connectivity index (χ1) is 7.18. The van der Waals surface area contributed by atoms with E-state index in [2.05, 4.69) is 15.1 Å². The largest absolute Gasteiger partial charge is 0.256 e. The van der Waals surface area contributed by atoms with Crippen LogP contribution >= 0.6 is 0 Å². The first-order valence-corrected chi connectivity index (χ1v) is 4.69. The summed E-state index contributed by atoms with van der Waals surface area (Å²) < 4.78 is 15.0. The lowest BCUT2D eigenvalue weighted by molar-refractivity contribution is 0.582. The third kappa shape index (κ3) is 1.86. The van der Waals surface area contributed by atoms with Crippen LogP contribution in [0.3, 0.4) is 0 Å². The van der Waals surface area contributed by atoms with Crippen LogP contribution in [0.5, 0.6) is 0 Å². The molecule has 5 heteroatoms. The molecule has 4 nitrogen and oxygen atoms in total. The Bertz CT molecular complexity index is 450. The van der Waals surface area contributed by atoms with Gasteiger partial charge < -0.3 is 0 Å². The van der Waals surface area contributed by atoms with Crippen molar-refractivity contribution in [1.82, 2.24) is 19.7 Å². The van der Waals surface area contributed by atoms with Gasteiger partial charge in [0.1, 0.15) is 18.5 Å². The van der Waals surface area contributed by atoms with Crippen LogP contribution in [-0.2, 0) is 0 Å². The highest BCUT2D eigenvalue weighted by Gasteiger charge is 2.09. The minimum Gasteiger partial charge on any atom is -0.256 e. The molecular weight excluding hydrogens is 195 g/mol. The van der Waals surface area contributed by atoms with Crippen molar-refractivity contribution >= 4 is 0 Å². The maximum Gasteiger partial charge on any atom is 0.147 e. The van der Waals surface area contributed by atoms with Gasteiger partial charge in [0.2, 0.25) is 0 Å². The zero-order valence-electron chi connectivity index (χ0n) is 8.55. The van der Waals surface area contributed by atoms with Crippen LogP contribution in [0.4, 0.5) is 4.39 Å². The summed E-state index contributed by atoms with van der Waals surface area (Å²) in [5.41, 5.74) is 1.05. The van der Waals surface area contributed by atoms with Gasteiger partial charge in [0.25, 0.3) is 0 Å². The van der Waals surface area contributed by atoms with Gasteiger partial charge in [-0.15, -0.1) is 0 Å². The highest BCUT2D eigenvalue weighted by molar-refractivity contribution is 5.29. The average Bonchev–Trinajstić information content (AvgIpc) is 2.69. The van der Waals surface area contributed by atoms with E-state index in [4.69, 9.17) is 0 Å². The summed E-state index contributed by atoms with van der Waals surface area (Å²) in [4.78, 5) is 7.86. The maximum atomic E-state index is 13.6. The van der Waals surface area contributed by atoms with E-state index in [1.807, 2.05) is 13.8 Å². The Kier molecular flexibility index (Phi) is 2.45. The van der Waals surface area contributed by atoms with E-state index in [9.17, 15) is 4.39 Å². The van der Waals surface area contributed by atoms with E-state index in [0.717, 1.165) is 0 Å². The Morgan fingerprint density at radius 2 is 2.20 bits per heavy atom. The molecule has 2 aromatic heterocycles. The molecule has 0 radical (unpaired) electrons. The van der Waals surface area contributed by atoms with Crippen molar-refractivity contribution in [2.24, 2.45) is 0 Å². The summed E-state index contributed by atoms with van der Waals surface area (Å²) in [6, 6.07) is 1.41. The number of hydrogen-bond acceptors (Lipinski definition) is 3. The molecule has 0 fully saturated rings. The van der Waals surface area contributed by atoms with Crippen molar-refractivity contribution in [1.29, 1.82) is 0 Å². The Balaban J connectivity index is 2.42. The molecule has 78 valence electrons. The molecule has 0 spiro atoms. The third-order valence-corrected chi connectivity index (χ3v) is 2.09. The minimum absolute atomic E-state index is 0.0785. The van der Waals surface area contributed by atoms with Crippen molar-refractivity contribution in [3.05, 3.63) is 36.4 Å². The Hall–Kier alpha value is -1.78. The zero-order chi connectivity index (χ0) is 10.8. The fraction of sp³-hybridized carbons (Fsp3) is 0.300. The first kappa shape index (κ1) is 9.76. The molecule has 15 heavy (non-hydrogen) atoms. The lowest BCUT2D eigenvalue weighted by Crippen LogP contribution is -2.02. The highest BCUT2D eigenvalue weighted by atomic mass is 19.1. The Morgan fingerprint density at radius 1 is 1.40 bits per heavy atom. The van der Waals surface area contributed by atoms with Gasteiger partial charge in [-0.2, -0.15) is 5.10 Å². The van der Waals surface area contributed by atoms with Gasteiger partial charge in [-0.3, -0.25) is 4.98 Å². The van der Waals surface area contributed by atoms with E-state index in [0.29, 0.717) is 11.4 Å². The molecule has 0 aliphatic carbocycles. The summed E-state index contributed by atoms with van der Waals surface area (Å²) in [5, 5.41) is 3.90. The molecule has 0 N–H and O–H groups in total. The van der Waals surface area contributed by atoms with Crippen LogP contribution < -0.4 is 0 Å². The second-order valence-corrected chi connectivity index (χ2v) is 3.56. The molecule has 0 amide bonds. The zero-order valence-corrected chi connectivity index (χ0v) is 8.55. The quantitative estimate of drug-likeness (QED) is 0.754. The van der Waals surface area contributed by atoms with Gasteiger partial charge in [-0.1, -0.05) is 13.8 Å². The van der Waals surface area contributed by atoms with E-state index >= 15 is 0 Å². The molecule has 2 heterocycles. The summed E-state index contributed by atoms with van der Waals surface area (Å²) in [5.74, 6) is -0.229. The smallest absolute Gasteiger partial charge is 0.147 e. The van der Waals surface area contributed by atoms with Crippen LogP contribution in [0.2, 0.25) is 0 Å². The molecule has 2 rings (SSSR count). The maximum absolute atomic E-state index is 13.6. The highest BCUT2D eigenvalue weighted by Crippen LogP contribution is 2.17. The molecule has 0 aliphatic rings. The number of pyridine rings is 1. The van der Waals surface area contributed by atoms with Gasteiger partial charge in [-0.25, -0.2) is 14.1 Å². The lowest BCUT2D eigenvalue weighted by atomic mass is 10.1. The molecule has 2 aromatic rings. The Labute approximate surface area is 86.8 Å². The van der Waals surface area contributed by atoms with Gasteiger partial charge in [0.15, 0.2) is 0 Å². The minimum atomic E-state index is -0.307. The summed E-state index contributed by atoms with van der Waals surface area (Å²) in [6.45, 7) is 3.81. The SMILES string of the molecule is CC(C)c1ncc(-n2cncn2)cc1F. The second-order valence-electron chi connectivity index (χ2n) is 3.56. The number of rotatable bonds is 2. The van der Waals surface area contributed by atoms with Gasteiger partial charge in [-0.05, 0) is 5.92 Å². The van der Waals surface area contributed by atoms with Crippen LogP contribution in [0.15, 0.2) is 24.9 Å². The van der Waals surface area contributed by atoms with E-state index in [-0.39, 0.29) is 11.7 Å². The number of nitrogens with zero attached hydrogens (tertiary/aromatic N) is 4. The van der Waals surface area contributed by atoms with Crippen LogP contribution in [0, 0.1) is 5.82 Å². The number of aromatic nitrogens is 4. The van der Waals surface area contributed by atoms with Gasteiger partial charge in [0.05, 0.1) is 17.6 Å². The molecule has 0 saturated carbocycles.